The van der Waals surface area contributed by atoms with Crippen LogP contribution in [0.5, 0.6) is 0 Å². The third-order valence-corrected chi connectivity index (χ3v) is 9.56. The van der Waals surface area contributed by atoms with Gasteiger partial charge in [0.1, 0.15) is 0 Å². The Morgan fingerprint density at radius 1 is 1.11 bits per heavy atom. The average molecular weight is 379 g/mol. The summed E-state index contributed by atoms with van der Waals surface area (Å²) < 4.78 is 0. The lowest BCUT2D eigenvalue weighted by atomic mass is 9.61. The minimum Gasteiger partial charge on any atom is -0.350 e. The molecule has 0 bridgehead atoms. The van der Waals surface area contributed by atoms with E-state index in [2.05, 4.69) is 34.5 Å². The molecule has 1 heterocycles. The number of hydrogen-bond acceptors (Lipinski definition) is 2. The zero-order chi connectivity index (χ0) is 18.9. The number of carbonyl (C=O) groups excluding carboxylic acids is 1. The van der Waals surface area contributed by atoms with Crippen LogP contribution in [0.4, 0.5) is 0 Å². The number of benzene rings is 1. The van der Waals surface area contributed by atoms with Crippen molar-refractivity contribution in [3.63, 3.8) is 0 Å². The van der Waals surface area contributed by atoms with E-state index in [9.17, 15) is 4.79 Å². The second-order valence-corrected chi connectivity index (χ2v) is 10.7. The van der Waals surface area contributed by atoms with Crippen molar-refractivity contribution >= 4 is 5.91 Å². The van der Waals surface area contributed by atoms with Gasteiger partial charge in [-0.1, -0.05) is 24.3 Å². The fourth-order valence-corrected chi connectivity index (χ4v) is 8.08. The van der Waals surface area contributed by atoms with Crippen molar-refractivity contribution in [2.75, 3.05) is 19.6 Å². The lowest BCUT2D eigenvalue weighted by Gasteiger charge is -2.50. The maximum atomic E-state index is 11.7. The standard InChI is InChI=1S/C25H34N2O/c1-17(28)26-23-8-9-24(22-5-3-2-4-20(22)23)10-12-27(13-11-24)16-18-14-25-15-19(25)6-7-21(18)25/h2-5,18-19,21,23H,6-16H2,1H3,(H,26,28)/t18?,19?,21?,23-,25?/m0/s1. The molecule has 0 radical (unpaired) electrons. The monoisotopic (exact) mass is 378 g/mol. The molecule has 1 N–H and O–H groups in total. The van der Waals surface area contributed by atoms with Crippen molar-refractivity contribution < 1.29 is 4.79 Å². The first kappa shape index (κ1) is 17.5. The topological polar surface area (TPSA) is 32.3 Å². The van der Waals surface area contributed by atoms with Crippen LogP contribution < -0.4 is 5.32 Å². The van der Waals surface area contributed by atoms with Crippen molar-refractivity contribution in [2.24, 2.45) is 23.2 Å². The summed E-state index contributed by atoms with van der Waals surface area (Å²) in [6, 6.07) is 9.14. The summed E-state index contributed by atoms with van der Waals surface area (Å²) in [6.07, 6.45) is 11.1. The van der Waals surface area contributed by atoms with Crippen molar-refractivity contribution in [1.29, 1.82) is 0 Å². The van der Waals surface area contributed by atoms with Crippen LogP contribution >= 0.6 is 0 Å². The van der Waals surface area contributed by atoms with E-state index in [0.29, 0.717) is 5.41 Å². The zero-order valence-electron chi connectivity index (χ0n) is 17.3. The average Bonchev–Trinajstić information content (AvgIpc) is 3.34. The molecule has 6 rings (SSSR count). The summed E-state index contributed by atoms with van der Waals surface area (Å²) >= 11 is 0. The number of likely N-dealkylation sites (tertiary alicyclic amines) is 1. The highest BCUT2D eigenvalue weighted by Crippen LogP contribution is 2.77. The SMILES string of the molecule is CC(=O)N[C@H]1CCC2(CCN(CC3CC45CC4CCC35)CC2)c2ccccc21. The Morgan fingerprint density at radius 2 is 1.93 bits per heavy atom. The molecular formula is C25H34N2O. The van der Waals surface area contributed by atoms with Gasteiger partial charge in [0.05, 0.1) is 6.04 Å². The number of piperidine rings is 1. The smallest absolute Gasteiger partial charge is 0.217 e. The second-order valence-electron chi connectivity index (χ2n) is 10.7. The van der Waals surface area contributed by atoms with Crippen LogP contribution in [0.2, 0.25) is 0 Å². The summed E-state index contributed by atoms with van der Waals surface area (Å²) in [5.41, 5.74) is 4.11. The van der Waals surface area contributed by atoms with Crippen LogP contribution in [0.1, 0.15) is 75.5 Å². The Balaban J connectivity index is 1.14. The van der Waals surface area contributed by atoms with Gasteiger partial charge < -0.3 is 10.2 Å². The molecule has 4 unspecified atom stereocenters. The second kappa shape index (κ2) is 6.08. The molecule has 1 amide bonds. The van der Waals surface area contributed by atoms with Gasteiger partial charge in [-0.15, -0.1) is 0 Å². The third kappa shape index (κ3) is 2.47. The van der Waals surface area contributed by atoms with Gasteiger partial charge in [0.2, 0.25) is 5.91 Å². The quantitative estimate of drug-likeness (QED) is 0.844. The van der Waals surface area contributed by atoms with Crippen molar-refractivity contribution in [3.05, 3.63) is 35.4 Å². The van der Waals surface area contributed by atoms with E-state index in [1.165, 1.54) is 62.9 Å². The molecule has 5 atom stereocenters. The predicted octanol–water partition coefficient (Wildman–Crippen LogP) is 4.43. The highest BCUT2D eigenvalue weighted by Gasteiger charge is 2.70. The molecule has 1 aliphatic heterocycles. The van der Waals surface area contributed by atoms with Gasteiger partial charge in [-0.3, -0.25) is 4.79 Å². The van der Waals surface area contributed by atoms with E-state index in [-0.39, 0.29) is 11.9 Å². The van der Waals surface area contributed by atoms with Crippen LogP contribution in [-0.4, -0.2) is 30.4 Å². The summed E-state index contributed by atoms with van der Waals surface area (Å²) in [5, 5.41) is 3.19. The van der Waals surface area contributed by atoms with Crippen molar-refractivity contribution in [3.8, 4) is 0 Å². The first-order valence-electron chi connectivity index (χ1n) is 11.7. The Hall–Kier alpha value is -1.35. The molecular weight excluding hydrogens is 344 g/mol. The first-order chi connectivity index (χ1) is 13.6. The molecule has 3 saturated carbocycles. The number of fused-ring (bicyclic) bond motifs is 2. The summed E-state index contributed by atoms with van der Waals surface area (Å²) in [4.78, 5) is 14.4. The molecule has 1 aromatic rings. The van der Waals surface area contributed by atoms with Gasteiger partial charge in [-0.05, 0) is 104 Å². The van der Waals surface area contributed by atoms with Gasteiger partial charge in [0.15, 0.2) is 0 Å². The highest BCUT2D eigenvalue weighted by atomic mass is 16.1. The van der Waals surface area contributed by atoms with Crippen LogP contribution in [0.25, 0.3) is 0 Å². The number of rotatable bonds is 3. The highest BCUT2D eigenvalue weighted by molar-refractivity contribution is 5.73. The molecule has 5 aliphatic rings. The lowest BCUT2D eigenvalue weighted by Crippen LogP contribution is -2.50. The lowest BCUT2D eigenvalue weighted by molar-refractivity contribution is -0.119. The van der Waals surface area contributed by atoms with E-state index in [0.717, 1.165) is 29.6 Å². The number of hydrogen-bond donors (Lipinski definition) is 1. The van der Waals surface area contributed by atoms with Gasteiger partial charge in [-0.25, -0.2) is 0 Å². The largest absolute Gasteiger partial charge is 0.350 e. The maximum Gasteiger partial charge on any atom is 0.217 e. The third-order valence-electron chi connectivity index (χ3n) is 9.56. The molecule has 3 nitrogen and oxygen atoms in total. The normalized spacial score (nSPS) is 40.2. The Labute approximate surface area is 169 Å². The number of carbonyl (C=O) groups is 1. The maximum absolute atomic E-state index is 11.7. The van der Waals surface area contributed by atoms with E-state index < -0.39 is 0 Å². The molecule has 2 spiro atoms. The Bertz CT molecular complexity index is 793. The Kier molecular flexibility index (Phi) is 3.80. The molecule has 4 fully saturated rings. The van der Waals surface area contributed by atoms with Gasteiger partial charge in [0, 0.05) is 13.5 Å². The fraction of sp³-hybridized carbons (Fsp3) is 0.720. The molecule has 1 aromatic carbocycles. The summed E-state index contributed by atoms with van der Waals surface area (Å²) in [6.45, 7) is 5.53. The van der Waals surface area contributed by atoms with Gasteiger partial charge >= 0.3 is 0 Å². The zero-order valence-corrected chi connectivity index (χ0v) is 17.3. The molecule has 4 aliphatic carbocycles. The number of nitrogens with zero attached hydrogens (tertiary/aromatic N) is 1. The molecule has 28 heavy (non-hydrogen) atoms. The van der Waals surface area contributed by atoms with Crippen LogP contribution in [0.3, 0.4) is 0 Å². The number of nitrogens with one attached hydrogen (secondary N) is 1. The molecule has 3 heteroatoms. The molecule has 1 saturated heterocycles. The van der Waals surface area contributed by atoms with Gasteiger partial charge in [-0.2, -0.15) is 0 Å². The Morgan fingerprint density at radius 3 is 2.68 bits per heavy atom. The minimum atomic E-state index is 0.0913. The number of amides is 1. The van der Waals surface area contributed by atoms with E-state index in [1.807, 2.05) is 0 Å². The molecule has 0 aromatic heterocycles. The van der Waals surface area contributed by atoms with E-state index in [4.69, 9.17) is 0 Å². The summed E-state index contributed by atoms with van der Waals surface area (Å²) in [5.74, 6) is 3.31. The summed E-state index contributed by atoms with van der Waals surface area (Å²) in [7, 11) is 0. The predicted molar refractivity (Wildman–Crippen MR) is 111 cm³/mol. The van der Waals surface area contributed by atoms with Gasteiger partial charge in [0.25, 0.3) is 0 Å². The molecule has 150 valence electrons. The fourth-order valence-electron chi connectivity index (χ4n) is 8.08. The van der Waals surface area contributed by atoms with Crippen LogP contribution in [-0.2, 0) is 10.2 Å². The van der Waals surface area contributed by atoms with E-state index in [1.54, 1.807) is 19.8 Å². The van der Waals surface area contributed by atoms with Crippen molar-refractivity contribution in [1.82, 2.24) is 10.2 Å². The first-order valence-corrected chi connectivity index (χ1v) is 11.7. The minimum absolute atomic E-state index is 0.0913. The van der Waals surface area contributed by atoms with E-state index >= 15 is 0 Å². The van der Waals surface area contributed by atoms with Crippen LogP contribution in [0, 0.1) is 23.2 Å². The van der Waals surface area contributed by atoms with Crippen molar-refractivity contribution in [2.45, 2.75) is 69.7 Å². The van der Waals surface area contributed by atoms with Crippen LogP contribution in [0.15, 0.2) is 24.3 Å².